The molecule has 3 N–H and O–H groups in total. The van der Waals surface area contributed by atoms with Gasteiger partial charge in [0.2, 0.25) is 5.91 Å². The molecular formula is C39H55F2N5O6S. The maximum Gasteiger partial charge on any atom is 0.272 e. The molecule has 2 amide bonds. The van der Waals surface area contributed by atoms with Crippen molar-refractivity contribution in [2.45, 2.75) is 70.0 Å². The topological polar surface area (TPSA) is 124 Å². The summed E-state index contributed by atoms with van der Waals surface area (Å²) in [6, 6.07) is 13.7. The highest BCUT2D eigenvalue weighted by atomic mass is 32.2. The fourth-order valence-corrected chi connectivity index (χ4v) is 7.82. The summed E-state index contributed by atoms with van der Waals surface area (Å²) in [5, 5.41) is 11.0. The van der Waals surface area contributed by atoms with Crippen molar-refractivity contribution in [3.63, 3.8) is 0 Å². The molecule has 6 unspecified atom stereocenters. The smallest absolute Gasteiger partial charge is 0.272 e. The van der Waals surface area contributed by atoms with E-state index < -0.39 is 29.1 Å². The molecule has 0 spiro atoms. The monoisotopic (exact) mass is 759 g/mol. The highest BCUT2D eigenvalue weighted by Gasteiger charge is 2.44. The molecule has 3 aliphatic rings. The van der Waals surface area contributed by atoms with Crippen molar-refractivity contribution in [2.75, 3.05) is 71.5 Å². The minimum Gasteiger partial charge on any atom is -0.491 e. The van der Waals surface area contributed by atoms with Crippen LogP contribution in [0.3, 0.4) is 0 Å². The molecule has 0 bridgehead atoms. The predicted octanol–water partition coefficient (Wildman–Crippen LogP) is 4.36. The summed E-state index contributed by atoms with van der Waals surface area (Å²) < 4.78 is 56.5. The predicted molar refractivity (Wildman–Crippen MR) is 202 cm³/mol. The van der Waals surface area contributed by atoms with Gasteiger partial charge in [-0.1, -0.05) is 55.8 Å². The molecule has 5 rings (SSSR count). The lowest BCUT2D eigenvalue weighted by molar-refractivity contribution is -0.138. The Bertz CT molecular complexity index is 1610. The number of aliphatic hydroxyl groups is 1. The van der Waals surface area contributed by atoms with Crippen LogP contribution in [0.15, 0.2) is 54.6 Å². The van der Waals surface area contributed by atoms with Crippen molar-refractivity contribution in [2.24, 2.45) is 11.8 Å². The summed E-state index contributed by atoms with van der Waals surface area (Å²) in [5.41, 5.74) is 3.65. The number of nitrogens with one attached hydrogen (secondary N) is 2. The summed E-state index contributed by atoms with van der Waals surface area (Å²) in [6.45, 7) is 6.34. The van der Waals surface area contributed by atoms with Crippen LogP contribution in [0.4, 0.5) is 14.5 Å². The van der Waals surface area contributed by atoms with Gasteiger partial charge in [0.05, 0.1) is 38.1 Å². The number of carbonyl (C=O) groups excluding carboxylic acids is 2. The van der Waals surface area contributed by atoms with E-state index in [1.807, 2.05) is 6.08 Å². The average molecular weight is 760 g/mol. The fraction of sp³-hybridized carbons (Fsp3) is 0.590. The van der Waals surface area contributed by atoms with Gasteiger partial charge in [0, 0.05) is 46.1 Å². The molecule has 2 heterocycles. The summed E-state index contributed by atoms with van der Waals surface area (Å²) >= 11 is -1.83. The number of amides is 2. The summed E-state index contributed by atoms with van der Waals surface area (Å²) in [4.78, 5) is 30.2. The second-order valence-electron chi connectivity index (χ2n) is 14.5. The highest BCUT2D eigenvalue weighted by molar-refractivity contribution is 7.81. The quantitative estimate of drug-likeness (QED) is 0.192. The van der Waals surface area contributed by atoms with E-state index in [-0.39, 0.29) is 42.9 Å². The number of likely N-dealkylation sites (tertiary alicyclic amines) is 1. The van der Waals surface area contributed by atoms with Crippen LogP contribution in [0.25, 0.3) is 0 Å². The first-order valence-corrected chi connectivity index (χ1v) is 19.8. The van der Waals surface area contributed by atoms with E-state index >= 15 is 0 Å². The molecule has 1 aliphatic carbocycles. The minimum atomic E-state index is -2.63. The van der Waals surface area contributed by atoms with Gasteiger partial charge < -0.3 is 24.4 Å². The number of fused-ring (bicyclic) bond motifs is 1. The molecule has 2 fully saturated rings. The van der Waals surface area contributed by atoms with Crippen molar-refractivity contribution in [1.82, 2.24) is 19.2 Å². The van der Waals surface area contributed by atoms with Crippen LogP contribution in [0.5, 0.6) is 5.75 Å². The molecule has 53 heavy (non-hydrogen) atoms. The third kappa shape index (κ3) is 10.8. The van der Waals surface area contributed by atoms with Crippen LogP contribution in [0.2, 0.25) is 0 Å². The summed E-state index contributed by atoms with van der Waals surface area (Å²) in [5.74, 6) is -2.31. The van der Waals surface area contributed by atoms with Gasteiger partial charge in [0.1, 0.15) is 5.75 Å². The van der Waals surface area contributed by atoms with Gasteiger partial charge in [-0.15, -0.1) is 0 Å². The molecule has 0 radical (unpaired) electrons. The number of aliphatic hydroxyl groups excluding tert-OH is 1. The van der Waals surface area contributed by atoms with E-state index in [2.05, 4.69) is 51.6 Å². The molecular weight excluding hydrogens is 705 g/mol. The zero-order chi connectivity index (χ0) is 38.1. The van der Waals surface area contributed by atoms with Crippen molar-refractivity contribution >= 4 is 28.7 Å². The van der Waals surface area contributed by atoms with E-state index in [1.54, 1.807) is 35.0 Å². The average Bonchev–Trinajstić information content (AvgIpc) is 3.29. The Balaban J connectivity index is 1.39. The highest BCUT2D eigenvalue weighted by Crippen LogP contribution is 2.43. The Labute approximate surface area is 314 Å². The largest absolute Gasteiger partial charge is 0.491 e. The van der Waals surface area contributed by atoms with Crippen molar-refractivity contribution in [3.8, 4) is 5.75 Å². The Morgan fingerprint density at radius 3 is 2.66 bits per heavy atom. The van der Waals surface area contributed by atoms with Gasteiger partial charge in [-0.05, 0) is 73.4 Å². The number of ether oxygens (including phenoxy) is 2. The number of hydrogen-bond donors (Lipinski definition) is 3. The van der Waals surface area contributed by atoms with Crippen LogP contribution in [-0.2, 0) is 31.9 Å². The molecule has 1 saturated heterocycles. The lowest BCUT2D eigenvalue weighted by Gasteiger charge is -2.44. The fourth-order valence-electron chi connectivity index (χ4n) is 7.42. The van der Waals surface area contributed by atoms with Crippen LogP contribution in [-0.4, -0.2) is 110 Å². The molecule has 6 atom stereocenters. The van der Waals surface area contributed by atoms with Gasteiger partial charge in [0.15, 0.2) is 17.3 Å². The first-order chi connectivity index (χ1) is 25.4. The minimum absolute atomic E-state index is 0.00168. The van der Waals surface area contributed by atoms with E-state index in [0.717, 1.165) is 31.4 Å². The van der Waals surface area contributed by atoms with Gasteiger partial charge in [-0.25, -0.2) is 17.7 Å². The van der Waals surface area contributed by atoms with Gasteiger partial charge in [0.25, 0.3) is 11.8 Å². The number of carbonyl (C=O) groups is 2. The SMILES string of the molecule is CCCc1ccccc1C1COc2ccc(C(O)C(=O)NS(=O)NC)cc2N(CC2CCC2C(/C=C/CCN(C)C(C)=O)OCCN2CC(F)(F)C2)C1. The van der Waals surface area contributed by atoms with Gasteiger partial charge >= 0.3 is 0 Å². The molecule has 1 saturated carbocycles. The van der Waals surface area contributed by atoms with Crippen LogP contribution in [0, 0.1) is 11.8 Å². The second-order valence-corrected chi connectivity index (χ2v) is 15.6. The molecule has 0 aromatic heterocycles. The van der Waals surface area contributed by atoms with Crippen molar-refractivity contribution in [3.05, 3.63) is 71.3 Å². The molecule has 2 aromatic rings. The Hall–Kier alpha value is -3.43. The molecule has 292 valence electrons. The number of halogens is 2. The number of benzene rings is 2. The number of nitrogens with zero attached hydrogens (tertiary/aromatic N) is 3. The van der Waals surface area contributed by atoms with Crippen molar-refractivity contribution < 1.29 is 37.2 Å². The number of rotatable bonds is 18. The second kappa shape index (κ2) is 18.7. The van der Waals surface area contributed by atoms with E-state index in [0.29, 0.717) is 57.1 Å². The number of hydrogen-bond acceptors (Lipinski definition) is 8. The lowest BCUT2D eigenvalue weighted by atomic mass is 9.70. The van der Waals surface area contributed by atoms with E-state index in [1.165, 1.54) is 25.1 Å². The van der Waals surface area contributed by atoms with Crippen LogP contribution >= 0.6 is 0 Å². The molecule has 2 aliphatic heterocycles. The molecule has 14 heteroatoms. The first-order valence-electron chi connectivity index (χ1n) is 18.7. The maximum atomic E-state index is 13.5. The number of anilines is 1. The van der Waals surface area contributed by atoms with Crippen LogP contribution in [0.1, 0.15) is 68.2 Å². The third-order valence-electron chi connectivity index (χ3n) is 10.6. The first kappa shape index (κ1) is 40.7. The lowest BCUT2D eigenvalue weighted by Crippen LogP contribution is -2.57. The van der Waals surface area contributed by atoms with E-state index in [4.69, 9.17) is 9.47 Å². The van der Waals surface area contributed by atoms with E-state index in [9.17, 15) is 27.7 Å². The third-order valence-corrected chi connectivity index (χ3v) is 11.4. The zero-order valence-electron chi connectivity index (χ0n) is 31.3. The normalized spacial score (nSPS) is 22.8. The standard InChI is InChI=1S/C39H55F2N5O6S/c1-5-10-28-11-6-7-12-32(28)31-23-46(34-21-29(15-17-36(34)52-24-31)37(48)38(49)43-53(50)42-3)22-30-14-16-33(30)35(13-8-9-18-44(4)27(2)47)51-20-19-45-25-39(40,41)26-45/h6-8,11-13,15,17,21,30-31,33,35,37,42,48H,5,9-10,14,16,18-20,22-26H2,1-4H3,(H,43,49)/b13-8+. The molecule has 2 aromatic carbocycles. The Morgan fingerprint density at radius 2 is 1.98 bits per heavy atom. The maximum absolute atomic E-state index is 13.5. The summed E-state index contributed by atoms with van der Waals surface area (Å²) in [6.07, 6.45) is 6.88. The Kier molecular flexibility index (Phi) is 14.4. The number of aryl methyl sites for hydroxylation is 1. The van der Waals surface area contributed by atoms with Gasteiger partial charge in [-0.3, -0.25) is 19.2 Å². The van der Waals surface area contributed by atoms with Crippen molar-refractivity contribution in [1.29, 1.82) is 0 Å². The summed E-state index contributed by atoms with van der Waals surface area (Å²) in [7, 11) is 3.21. The molecule has 11 nitrogen and oxygen atoms in total. The number of alkyl halides is 2. The van der Waals surface area contributed by atoms with Gasteiger partial charge in [-0.2, -0.15) is 0 Å². The Morgan fingerprint density at radius 1 is 1.21 bits per heavy atom. The van der Waals surface area contributed by atoms with Crippen LogP contribution < -0.4 is 19.1 Å². The zero-order valence-corrected chi connectivity index (χ0v) is 32.1.